The summed E-state index contributed by atoms with van der Waals surface area (Å²) in [5.41, 5.74) is -2.33. The Kier molecular flexibility index (Phi) is 7.38. The van der Waals surface area contributed by atoms with Crippen molar-refractivity contribution >= 4 is 18.3 Å². The molecule has 0 radical (unpaired) electrons. The first-order chi connectivity index (χ1) is 11.4. The standard InChI is InChI=1S/C15H16F4N4O.ClH/c1-20-7-4-8-21-14(24)10-9-22-23(13(10)15(17,18)19)12-6-3-2-5-11(12)16;/h2-3,5-6,9,20H,4,7-8H2,1H3,(H,21,24);1H. The van der Waals surface area contributed by atoms with Gasteiger partial charge in [-0.1, -0.05) is 12.1 Å². The highest BCUT2D eigenvalue weighted by Crippen LogP contribution is 2.34. The van der Waals surface area contributed by atoms with Crippen LogP contribution in [0.2, 0.25) is 0 Å². The van der Waals surface area contributed by atoms with Gasteiger partial charge >= 0.3 is 6.18 Å². The number of nitrogens with one attached hydrogen (secondary N) is 2. The number of amides is 1. The van der Waals surface area contributed by atoms with Crippen LogP contribution >= 0.6 is 12.4 Å². The third-order valence-electron chi connectivity index (χ3n) is 3.25. The number of alkyl halides is 3. The van der Waals surface area contributed by atoms with Gasteiger partial charge in [0.05, 0.1) is 11.8 Å². The molecule has 10 heteroatoms. The zero-order chi connectivity index (χ0) is 17.7. The van der Waals surface area contributed by atoms with Gasteiger partial charge in [-0.25, -0.2) is 9.07 Å². The predicted octanol–water partition coefficient (Wildman–Crippen LogP) is 2.79. The van der Waals surface area contributed by atoms with Crippen LogP contribution in [0, 0.1) is 5.82 Å². The second kappa shape index (κ2) is 8.82. The van der Waals surface area contributed by atoms with E-state index in [0.717, 1.165) is 18.3 Å². The molecule has 0 aliphatic heterocycles. The number of nitrogens with zero attached hydrogens (tertiary/aromatic N) is 2. The molecule has 0 spiro atoms. The van der Waals surface area contributed by atoms with E-state index in [4.69, 9.17) is 0 Å². The molecule has 138 valence electrons. The minimum atomic E-state index is -4.86. The minimum absolute atomic E-state index is 0. The lowest BCUT2D eigenvalue weighted by Gasteiger charge is -2.13. The maximum Gasteiger partial charge on any atom is 0.434 e. The van der Waals surface area contributed by atoms with E-state index < -0.39 is 29.2 Å². The Morgan fingerprint density at radius 1 is 1.24 bits per heavy atom. The second-order valence-corrected chi connectivity index (χ2v) is 4.98. The zero-order valence-corrected chi connectivity index (χ0v) is 14.0. The van der Waals surface area contributed by atoms with Crippen LogP contribution in [0.5, 0.6) is 0 Å². The number of rotatable bonds is 6. The van der Waals surface area contributed by atoms with Crippen molar-refractivity contribution in [1.82, 2.24) is 20.4 Å². The fraction of sp³-hybridized carbons (Fsp3) is 0.333. The smallest absolute Gasteiger partial charge is 0.352 e. The average Bonchev–Trinajstić information content (AvgIpc) is 2.97. The van der Waals surface area contributed by atoms with Crippen LogP contribution in [0.1, 0.15) is 22.5 Å². The first-order valence-electron chi connectivity index (χ1n) is 7.19. The van der Waals surface area contributed by atoms with Crippen molar-refractivity contribution in [3.63, 3.8) is 0 Å². The maximum atomic E-state index is 13.8. The second-order valence-electron chi connectivity index (χ2n) is 4.98. The van der Waals surface area contributed by atoms with Crippen molar-refractivity contribution in [3.8, 4) is 5.69 Å². The topological polar surface area (TPSA) is 58.9 Å². The van der Waals surface area contributed by atoms with Crippen molar-refractivity contribution in [2.75, 3.05) is 20.1 Å². The van der Waals surface area contributed by atoms with E-state index in [1.165, 1.54) is 12.1 Å². The van der Waals surface area contributed by atoms with Crippen molar-refractivity contribution in [2.24, 2.45) is 0 Å². The molecule has 1 aromatic carbocycles. The first kappa shape index (κ1) is 20.9. The Hall–Kier alpha value is -2.13. The molecular formula is C15H17ClF4N4O. The number of hydrogen-bond acceptors (Lipinski definition) is 3. The van der Waals surface area contributed by atoms with E-state index in [-0.39, 0.29) is 24.6 Å². The molecule has 1 heterocycles. The van der Waals surface area contributed by atoms with Crippen molar-refractivity contribution in [1.29, 1.82) is 0 Å². The van der Waals surface area contributed by atoms with Gasteiger partial charge in [0.1, 0.15) is 11.5 Å². The highest BCUT2D eigenvalue weighted by Gasteiger charge is 2.40. The van der Waals surface area contributed by atoms with Crippen molar-refractivity contribution in [3.05, 3.63) is 47.5 Å². The Morgan fingerprint density at radius 3 is 2.52 bits per heavy atom. The Morgan fingerprint density at radius 2 is 1.92 bits per heavy atom. The van der Waals surface area contributed by atoms with E-state index >= 15 is 0 Å². The van der Waals surface area contributed by atoms with Gasteiger partial charge in [0.2, 0.25) is 0 Å². The first-order valence-corrected chi connectivity index (χ1v) is 7.19. The molecule has 0 fully saturated rings. The molecule has 1 amide bonds. The van der Waals surface area contributed by atoms with E-state index in [2.05, 4.69) is 15.7 Å². The van der Waals surface area contributed by atoms with Crippen LogP contribution in [0.15, 0.2) is 30.5 Å². The summed E-state index contributed by atoms with van der Waals surface area (Å²) < 4.78 is 54.4. The van der Waals surface area contributed by atoms with Crippen LogP contribution in [0.3, 0.4) is 0 Å². The molecule has 0 aliphatic rings. The molecule has 0 atom stereocenters. The lowest BCUT2D eigenvalue weighted by Crippen LogP contribution is -2.29. The summed E-state index contributed by atoms with van der Waals surface area (Å²) in [4.78, 5) is 12.0. The average molecular weight is 381 g/mol. The number of aromatic nitrogens is 2. The van der Waals surface area contributed by atoms with Crippen LogP contribution < -0.4 is 10.6 Å². The van der Waals surface area contributed by atoms with Crippen LogP contribution in [0.25, 0.3) is 5.69 Å². The summed E-state index contributed by atoms with van der Waals surface area (Å²) in [6, 6.07) is 4.92. The van der Waals surface area contributed by atoms with Crippen LogP contribution in [-0.4, -0.2) is 35.8 Å². The molecule has 1 aromatic heterocycles. The lowest BCUT2D eigenvalue weighted by atomic mass is 10.2. The molecule has 2 aromatic rings. The molecule has 2 rings (SSSR count). The summed E-state index contributed by atoms with van der Waals surface area (Å²) in [6.07, 6.45) is -3.51. The van der Waals surface area contributed by atoms with Gasteiger partial charge in [0.25, 0.3) is 5.91 Å². The van der Waals surface area contributed by atoms with Gasteiger partial charge < -0.3 is 10.6 Å². The highest BCUT2D eigenvalue weighted by atomic mass is 35.5. The van der Waals surface area contributed by atoms with Gasteiger partial charge in [-0.15, -0.1) is 12.4 Å². The Labute approximate surface area is 147 Å². The van der Waals surface area contributed by atoms with E-state index in [0.29, 0.717) is 17.6 Å². The number of benzene rings is 1. The summed E-state index contributed by atoms with van der Waals surface area (Å²) in [7, 11) is 1.72. The molecule has 5 nitrogen and oxygen atoms in total. The molecular weight excluding hydrogens is 364 g/mol. The Balaban J connectivity index is 0.00000312. The quantitative estimate of drug-likeness (QED) is 0.598. The van der Waals surface area contributed by atoms with Crippen molar-refractivity contribution in [2.45, 2.75) is 12.6 Å². The molecule has 0 unspecified atom stereocenters. The zero-order valence-electron chi connectivity index (χ0n) is 13.2. The normalized spacial score (nSPS) is 11.1. The van der Waals surface area contributed by atoms with E-state index in [9.17, 15) is 22.4 Å². The molecule has 0 saturated carbocycles. The fourth-order valence-electron chi connectivity index (χ4n) is 2.16. The number of para-hydroxylation sites is 1. The summed E-state index contributed by atoms with van der Waals surface area (Å²) in [5.74, 6) is -1.77. The molecule has 25 heavy (non-hydrogen) atoms. The molecule has 0 aliphatic carbocycles. The summed E-state index contributed by atoms with van der Waals surface area (Å²) in [5, 5.41) is 8.82. The largest absolute Gasteiger partial charge is 0.434 e. The predicted molar refractivity (Wildman–Crippen MR) is 86.6 cm³/mol. The van der Waals surface area contributed by atoms with Gasteiger partial charge in [0.15, 0.2) is 5.69 Å². The lowest BCUT2D eigenvalue weighted by molar-refractivity contribution is -0.143. The van der Waals surface area contributed by atoms with E-state index in [1.807, 2.05) is 0 Å². The summed E-state index contributed by atoms with van der Waals surface area (Å²) >= 11 is 0. The maximum absolute atomic E-state index is 13.8. The van der Waals surface area contributed by atoms with Crippen LogP contribution in [-0.2, 0) is 6.18 Å². The third kappa shape index (κ3) is 4.93. The number of hydrogen-bond donors (Lipinski definition) is 2. The number of halogens is 5. The number of carbonyl (C=O) groups excluding carboxylic acids is 1. The Bertz CT molecular complexity index is 718. The highest BCUT2D eigenvalue weighted by molar-refractivity contribution is 5.95. The van der Waals surface area contributed by atoms with Gasteiger partial charge in [0, 0.05) is 6.54 Å². The molecule has 0 bridgehead atoms. The van der Waals surface area contributed by atoms with E-state index in [1.54, 1.807) is 7.05 Å². The number of carbonyl (C=O) groups is 1. The fourth-order valence-corrected chi connectivity index (χ4v) is 2.16. The van der Waals surface area contributed by atoms with Gasteiger partial charge in [-0.05, 0) is 32.1 Å². The van der Waals surface area contributed by atoms with Gasteiger partial charge in [-0.3, -0.25) is 4.79 Å². The SMILES string of the molecule is CNCCCNC(=O)c1cnn(-c2ccccc2F)c1C(F)(F)F.Cl. The van der Waals surface area contributed by atoms with Crippen LogP contribution in [0.4, 0.5) is 17.6 Å². The molecule has 0 saturated heterocycles. The van der Waals surface area contributed by atoms with Gasteiger partial charge in [-0.2, -0.15) is 18.3 Å². The monoisotopic (exact) mass is 380 g/mol. The third-order valence-corrected chi connectivity index (χ3v) is 3.25. The van der Waals surface area contributed by atoms with Crippen molar-refractivity contribution < 1.29 is 22.4 Å². The summed E-state index contributed by atoms with van der Waals surface area (Å²) in [6.45, 7) is 0.822. The molecule has 2 N–H and O–H groups in total. The minimum Gasteiger partial charge on any atom is -0.352 e.